The topological polar surface area (TPSA) is 38.0 Å². The van der Waals surface area contributed by atoms with Gasteiger partial charge in [0.05, 0.1) is 7.11 Å². The number of nitrogens with one attached hydrogen (secondary N) is 1. The fourth-order valence-electron chi connectivity index (χ4n) is 2.44. The lowest BCUT2D eigenvalue weighted by Crippen LogP contribution is -1.98. The van der Waals surface area contributed by atoms with Crippen molar-refractivity contribution in [2.45, 2.75) is 6.54 Å². The monoisotopic (exact) mass is 264 g/mol. The van der Waals surface area contributed by atoms with Gasteiger partial charge in [0.1, 0.15) is 5.75 Å². The second-order valence-corrected chi connectivity index (χ2v) is 4.72. The number of aromatic nitrogens is 1. The Bertz CT molecular complexity index is 741. The smallest absolute Gasteiger partial charge is 0.118 e. The van der Waals surface area contributed by atoms with Gasteiger partial charge in [0.15, 0.2) is 0 Å². The van der Waals surface area contributed by atoms with Crippen LogP contribution in [0.25, 0.3) is 10.9 Å². The van der Waals surface area contributed by atoms with Gasteiger partial charge in [-0.1, -0.05) is 24.3 Å². The average Bonchev–Trinajstić information content (AvgIpc) is 2.91. The van der Waals surface area contributed by atoms with E-state index in [1.165, 1.54) is 11.8 Å². The Morgan fingerprint density at radius 3 is 2.60 bits per heavy atom. The maximum Gasteiger partial charge on any atom is 0.118 e. The Labute approximate surface area is 117 Å². The molecule has 1 aromatic heterocycles. The lowest BCUT2D eigenvalue weighted by atomic mass is 10.1. The van der Waals surface area contributed by atoms with Crippen molar-refractivity contribution in [3.63, 3.8) is 0 Å². The third-order valence-corrected chi connectivity index (χ3v) is 3.51. The molecule has 3 heteroatoms. The molecule has 0 saturated heterocycles. The number of rotatable bonds is 4. The predicted molar refractivity (Wildman–Crippen MR) is 81.9 cm³/mol. The van der Waals surface area contributed by atoms with Crippen LogP contribution in [0.1, 0.15) is 11.1 Å². The highest BCUT2D eigenvalue weighted by molar-refractivity contribution is 5.97. The SMILES string of the molecule is COc1ccc(Cn2ccc3c(C=N)cccc32)cc1. The van der Waals surface area contributed by atoms with Gasteiger partial charge >= 0.3 is 0 Å². The van der Waals surface area contributed by atoms with Crippen LogP contribution < -0.4 is 4.74 Å². The van der Waals surface area contributed by atoms with Gasteiger partial charge in [-0.15, -0.1) is 0 Å². The summed E-state index contributed by atoms with van der Waals surface area (Å²) < 4.78 is 7.37. The minimum atomic E-state index is 0.814. The van der Waals surface area contributed by atoms with Crippen molar-refractivity contribution in [1.82, 2.24) is 4.57 Å². The number of methoxy groups -OCH3 is 1. The molecule has 0 spiro atoms. The molecule has 3 nitrogen and oxygen atoms in total. The summed E-state index contributed by atoms with van der Waals surface area (Å²) in [6.07, 6.45) is 3.47. The summed E-state index contributed by atoms with van der Waals surface area (Å²) in [6.45, 7) is 0.814. The van der Waals surface area contributed by atoms with Gasteiger partial charge in [-0.25, -0.2) is 0 Å². The van der Waals surface area contributed by atoms with Crippen LogP contribution in [0.3, 0.4) is 0 Å². The molecule has 0 aliphatic carbocycles. The van der Waals surface area contributed by atoms with Crippen LogP contribution in [0.5, 0.6) is 5.75 Å². The third kappa shape index (κ3) is 2.18. The normalized spacial score (nSPS) is 10.7. The Morgan fingerprint density at radius 2 is 1.90 bits per heavy atom. The third-order valence-electron chi connectivity index (χ3n) is 3.51. The van der Waals surface area contributed by atoms with Crippen molar-refractivity contribution in [1.29, 1.82) is 5.41 Å². The van der Waals surface area contributed by atoms with Crippen molar-refractivity contribution in [3.05, 3.63) is 65.9 Å². The molecule has 0 unspecified atom stereocenters. The number of ether oxygens (including phenoxy) is 1. The second kappa shape index (κ2) is 5.21. The zero-order valence-corrected chi connectivity index (χ0v) is 11.3. The molecule has 0 aliphatic heterocycles. The first-order chi connectivity index (χ1) is 9.81. The molecule has 3 rings (SSSR count). The van der Waals surface area contributed by atoms with Gasteiger partial charge in [0.25, 0.3) is 0 Å². The quantitative estimate of drug-likeness (QED) is 0.717. The zero-order chi connectivity index (χ0) is 13.9. The lowest BCUT2D eigenvalue weighted by molar-refractivity contribution is 0.414. The van der Waals surface area contributed by atoms with Crippen molar-refractivity contribution >= 4 is 17.1 Å². The Morgan fingerprint density at radius 1 is 1.10 bits per heavy atom. The van der Waals surface area contributed by atoms with E-state index in [2.05, 4.69) is 35.0 Å². The molecule has 0 fully saturated rings. The molecule has 20 heavy (non-hydrogen) atoms. The molecule has 0 aliphatic rings. The number of nitrogens with zero attached hydrogens (tertiary/aromatic N) is 1. The van der Waals surface area contributed by atoms with E-state index < -0.39 is 0 Å². The van der Waals surface area contributed by atoms with Gasteiger partial charge in [-0.05, 0) is 29.8 Å². The second-order valence-electron chi connectivity index (χ2n) is 4.72. The van der Waals surface area contributed by atoms with E-state index in [9.17, 15) is 0 Å². The maximum absolute atomic E-state index is 7.45. The highest BCUT2D eigenvalue weighted by Gasteiger charge is 2.04. The summed E-state index contributed by atoms with van der Waals surface area (Å²) in [5.74, 6) is 0.872. The van der Waals surface area contributed by atoms with E-state index in [0.717, 1.165) is 28.8 Å². The molecule has 0 radical (unpaired) electrons. The maximum atomic E-state index is 7.45. The molecule has 1 heterocycles. The predicted octanol–water partition coefficient (Wildman–Crippen LogP) is 3.70. The van der Waals surface area contributed by atoms with Gasteiger partial charge in [0.2, 0.25) is 0 Å². The summed E-state index contributed by atoms with van der Waals surface area (Å²) in [5, 5.41) is 8.57. The van der Waals surface area contributed by atoms with Crippen LogP contribution in [0.15, 0.2) is 54.7 Å². The molecule has 3 aromatic rings. The molecule has 2 aromatic carbocycles. The first-order valence-corrected chi connectivity index (χ1v) is 6.53. The number of hydrogen-bond donors (Lipinski definition) is 1. The van der Waals surface area contributed by atoms with Crippen LogP contribution in [0, 0.1) is 5.41 Å². The fraction of sp³-hybridized carbons (Fsp3) is 0.118. The van der Waals surface area contributed by atoms with Crippen molar-refractivity contribution in [2.75, 3.05) is 7.11 Å². The molecule has 0 bridgehead atoms. The summed E-state index contributed by atoms with van der Waals surface area (Å²) in [6, 6.07) is 16.2. The van der Waals surface area contributed by atoms with Gasteiger partial charge in [-0.3, -0.25) is 0 Å². The summed E-state index contributed by atoms with van der Waals surface area (Å²) in [7, 11) is 1.67. The molecule has 0 atom stereocenters. The van der Waals surface area contributed by atoms with Crippen molar-refractivity contribution in [3.8, 4) is 5.75 Å². The van der Waals surface area contributed by atoms with Crippen molar-refractivity contribution in [2.24, 2.45) is 0 Å². The highest BCUT2D eigenvalue weighted by atomic mass is 16.5. The largest absolute Gasteiger partial charge is 0.497 e. The summed E-state index contributed by atoms with van der Waals surface area (Å²) >= 11 is 0. The van der Waals surface area contributed by atoms with E-state index in [0.29, 0.717) is 0 Å². The number of benzene rings is 2. The molecule has 100 valence electrons. The van der Waals surface area contributed by atoms with E-state index >= 15 is 0 Å². The molecular formula is C17H16N2O. The standard InChI is InChI=1S/C17H16N2O/c1-20-15-7-5-13(6-8-15)12-19-10-9-16-14(11-18)3-2-4-17(16)19/h2-11,18H,12H2,1H3. The first kappa shape index (κ1) is 12.5. The Balaban J connectivity index is 1.96. The number of fused-ring (bicyclic) bond motifs is 1. The Hall–Kier alpha value is -2.55. The van der Waals surface area contributed by atoms with Crippen LogP contribution in [-0.4, -0.2) is 17.9 Å². The van der Waals surface area contributed by atoms with Crippen LogP contribution in [-0.2, 0) is 6.54 Å². The van der Waals surface area contributed by atoms with E-state index in [1.54, 1.807) is 7.11 Å². The van der Waals surface area contributed by atoms with Crippen molar-refractivity contribution < 1.29 is 4.74 Å². The first-order valence-electron chi connectivity index (χ1n) is 6.53. The van der Waals surface area contributed by atoms with Crippen LogP contribution >= 0.6 is 0 Å². The van der Waals surface area contributed by atoms with Gasteiger partial charge in [0, 0.05) is 35.4 Å². The minimum absolute atomic E-state index is 0.814. The zero-order valence-electron chi connectivity index (χ0n) is 11.3. The van der Waals surface area contributed by atoms with E-state index in [1.807, 2.05) is 24.3 Å². The highest BCUT2D eigenvalue weighted by Crippen LogP contribution is 2.21. The van der Waals surface area contributed by atoms with E-state index in [-0.39, 0.29) is 0 Å². The fourth-order valence-corrected chi connectivity index (χ4v) is 2.44. The summed E-state index contributed by atoms with van der Waals surface area (Å²) in [5.41, 5.74) is 3.33. The number of hydrogen-bond acceptors (Lipinski definition) is 2. The minimum Gasteiger partial charge on any atom is -0.497 e. The molecular weight excluding hydrogens is 248 g/mol. The van der Waals surface area contributed by atoms with Gasteiger partial charge in [-0.2, -0.15) is 0 Å². The van der Waals surface area contributed by atoms with E-state index in [4.69, 9.17) is 10.1 Å². The summed E-state index contributed by atoms with van der Waals surface area (Å²) in [4.78, 5) is 0. The molecule has 0 saturated carbocycles. The van der Waals surface area contributed by atoms with Crippen LogP contribution in [0.2, 0.25) is 0 Å². The van der Waals surface area contributed by atoms with Crippen LogP contribution in [0.4, 0.5) is 0 Å². The molecule has 0 amide bonds. The Kier molecular flexibility index (Phi) is 3.25. The lowest BCUT2D eigenvalue weighted by Gasteiger charge is -2.07. The van der Waals surface area contributed by atoms with Gasteiger partial charge < -0.3 is 14.7 Å². The molecule has 1 N–H and O–H groups in total. The average molecular weight is 264 g/mol.